The second kappa shape index (κ2) is 6.57. The molecule has 1 heterocycles. The summed E-state index contributed by atoms with van der Waals surface area (Å²) < 4.78 is 7.24. The Morgan fingerprint density at radius 1 is 1.25 bits per heavy atom. The minimum Gasteiger partial charge on any atom is -0.383 e. The van der Waals surface area contributed by atoms with E-state index < -0.39 is 0 Å². The second-order valence-corrected chi connectivity index (χ2v) is 5.17. The molecule has 20 heavy (non-hydrogen) atoms. The first-order valence-electron chi connectivity index (χ1n) is 6.96. The Kier molecular flexibility index (Phi) is 4.79. The van der Waals surface area contributed by atoms with Gasteiger partial charge < -0.3 is 14.6 Å². The Hall–Kier alpha value is -1.81. The summed E-state index contributed by atoms with van der Waals surface area (Å²) in [6.07, 6.45) is 2.04. The summed E-state index contributed by atoms with van der Waals surface area (Å²) in [5, 5.41) is 3.47. The number of nitrogens with zero attached hydrogens (tertiary/aromatic N) is 2. The molecule has 2 rings (SSSR count). The minimum absolute atomic E-state index is 0.221. The second-order valence-electron chi connectivity index (χ2n) is 5.17. The van der Waals surface area contributed by atoms with Crippen LogP contribution in [0.3, 0.4) is 0 Å². The van der Waals surface area contributed by atoms with Crippen LogP contribution in [0, 0.1) is 13.8 Å². The van der Waals surface area contributed by atoms with Crippen LogP contribution in [-0.2, 0) is 11.3 Å². The number of hydrogen-bond donors (Lipinski definition) is 1. The van der Waals surface area contributed by atoms with Gasteiger partial charge in [-0.1, -0.05) is 29.8 Å². The standard InChI is InChI=1S/C16H23N3O/c1-12-5-7-15(8-6-12)14(3)18-16-17-13(2)11-19(16)9-10-20-4/h5-8,11,14H,9-10H2,1-4H3,(H,17,18). The van der Waals surface area contributed by atoms with Crippen molar-refractivity contribution in [3.8, 4) is 0 Å². The topological polar surface area (TPSA) is 39.1 Å². The van der Waals surface area contributed by atoms with Gasteiger partial charge in [-0.15, -0.1) is 0 Å². The number of aromatic nitrogens is 2. The number of aryl methyl sites for hydroxylation is 2. The summed E-state index contributed by atoms with van der Waals surface area (Å²) in [4.78, 5) is 4.54. The lowest BCUT2D eigenvalue weighted by Gasteiger charge is -2.16. The molecule has 2 aromatic rings. The number of benzene rings is 1. The Bertz CT molecular complexity index is 545. The molecule has 1 aromatic heterocycles. The lowest BCUT2D eigenvalue weighted by Crippen LogP contribution is -2.13. The van der Waals surface area contributed by atoms with Gasteiger partial charge in [-0.05, 0) is 26.3 Å². The molecule has 4 heteroatoms. The normalized spacial score (nSPS) is 12.4. The minimum atomic E-state index is 0.221. The van der Waals surface area contributed by atoms with Crippen LogP contribution < -0.4 is 5.32 Å². The summed E-state index contributed by atoms with van der Waals surface area (Å²) in [5.74, 6) is 0.896. The van der Waals surface area contributed by atoms with Crippen LogP contribution in [0.1, 0.15) is 29.8 Å². The molecule has 0 aliphatic carbocycles. The molecule has 1 N–H and O–H groups in total. The van der Waals surface area contributed by atoms with Crippen LogP contribution in [0.4, 0.5) is 5.95 Å². The summed E-state index contributed by atoms with van der Waals surface area (Å²) in [6, 6.07) is 8.80. The first-order chi connectivity index (χ1) is 9.60. The van der Waals surface area contributed by atoms with Crippen molar-refractivity contribution in [2.45, 2.75) is 33.4 Å². The van der Waals surface area contributed by atoms with E-state index in [-0.39, 0.29) is 6.04 Å². The molecule has 0 spiro atoms. The van der Waals surface area contributed by atoms with E-state index in [2.05, 4.69) is 53.0 Å². The van der Waals surface area contributed by atoms with Gasteiger partial charge in [-0.2, -0.15) is 0 Å². The number of nitrogens with one attached hydrogen (secondary N) is 1. The molecule has 0 aliphatic heterocycles. The van der Waals surface area contributed by atoms with Crippen molar-refractivity contribution in [2.24, 2.45) is 0 Å². The molecule has 0 saturated heterocycles. The highest BCUT2D eigenvalue weighted by Crippen LogP contribution is 2.19. The monoisotopic (exact) mass is 273 g/mol. The van der Waals surface area contributed by atoms with Gasteiger partial charge in [0.2, 0.25) is 5.95 Å². The Morgan fingerprint density at radius 3 is 2.60 bits per heavy atom. The molecule has 0 radical (unpaired) electrons. The number of methoxy groups -OCH3 is 1. The number of hydrogen-bond acceptors (Lipinski definition) is 3. The van der Waals surface area contributed by atoms with Gasteiger partial charge in [0.05, 0.1) is 18.3 Å². The van der Waals surface area contributed by atoms with Crippen LogP contribution in [0.5, 0.6) is 0 Å². The molecule has 1 atom stereocenters. The first-order valence-corrected chi connectivity index (χ1v) is 6.96. The maximum absolute atomic E-state index is 5.14. The van der Waals surface area contributed by atoms with Gasteiger partial charge in [-0.3, -0.25) is 0 Å². The van der Waals surface area contributed by atoms with E-state index >= 15 is 0 Å². The third-order valence-corrected chi connectivity index (χ3v) is 3.36. The maximum atomic E-state index is 5.14. The molecule has 4 nitrogen and oxygen atoms in total. The number of rotatable bonds is 6. The molecular weight excluding hydrogens is 250 g/mol. The molecular formula is C16H23N3O. The van der Waals surface area contributed by atoms with Crippen LogP contribution in [0.25, 0.3) is 0 Å². The van der Waals surface area contributed by atoms with Crippen molar-refractivity contribution in [1.82, 2.24) is 9.55 Å². The maximum Gasteiger partial charge on any atom is 0.203 e. The third-order valence-electron chi connectivity index (χ3n) is 3.36. The highest BCUT2D eigenvalue weighted by atomic mass is 16.5. The third kappa shape index (κ3) is 3.61. The molecule has 0 bridgehead atoms. The van der Waals surface area contributed by atoms with E-state index in [4.69, 9.17) is 4.74 Å². The van der Waals surface area contributed by atoms with E-state index in [1.165, 1.54) is 11.1 Å². The summed E-state index contributed by atoms with van der Waals surface area (Å²) >= 11 is 0. The van der Waals surface area contributed by atoms with Crippen LogP contribution in [0.2, 0.25) is 0 Å². The summed E-state index contributed by atoms with van der Waals surface area (Å²) in [5.41, 5.74) is 3.55. The van der Waals surface area contributed by atoms with Gasteiger partial charge in [0, 0.05) is 19.9 Å². The van der Waals surface area contributed by atoms with Gasteiger partial charge in [0.15, 0.2) is 0 Å². The summed E-state index contributed by atoms with van der Waals surface area (Å²) in [6.45, 7) is 7.74. The fourth-order valence-electron chi connectivity index (χ4n) is 2.15. The van der Waals surface area contributed by atoms with Crippen LogP contribution >= 0.6 is 0 Å². The predicted molar refractivity (Wildman–Crippen MR) is 82.1 cm³/mol. The Morgan fingerprint density at radius 2 is 1.95 bits per heavy atom. The van der Waals surface area contributed by atoms with E-state index in [9.17, 15) is 0 Å². The van der Waals surface area contributed by atoms with Crippen molar-refractivity contribution in [1.29, 1.82) is 0 Å². The molecule has 108 valence electrons. The predicted octanol–water partition coefficient (Wildman–Crippen LogP) is 3.32. The largest absolute Gasteiger partial charge is 0.383 e. The van der Waals surface area contributed by atoms with Crippen molar-refractivity contribution < 1.29 is 4.74 Å². The lowest BCUT2D eigenvalue weighted by atomic mass is 10.1. The zero-order valence-corrected chi connectivity index (χ0v) is 12.7. The van der Waals surface area contributed by atoms with Gasteiger partial charge >= 0.3 is 0 Å². The zero-order chi connectivity index (χ0) is 14.5. The van der Waals surface area contributed by atoms with Gasteiger partial charge in [0.1, 0.15) is 0 Å². The first kappa shape index (κ1) is 14.6. The molecule has 1 unspecified atom stereocenters. The quantitative estimate of drug-likeness (QED) is 0.877. The highest BCUT2D eigenvalue weighted by Gasteiger charge is 2.10. The fourth-order valence-corrected chi connectivity index (χ4v) is 2.15. The molecule has 0 fully saturated rings. The van der Waals surface area contributed by atoms with Gasteiger partial charge in [0.25, 0.3) is 0 Å². The zero-order valence-electron chi connectivity index (χ0n) is 12.7. The van der Waals surface area contributed by atoms with Crippen molar-refractivity contribution in [2.75, 3.05) is 19.0 Å². The molecule has 0 saturated carbocycles. The smallest absolute Gasteiger partial charge is 0.203 e. The molecule has 0 amide bonds. The number of anilines is 1. The average Bonchev–Trinajstić information content (AvgIpc) is 2.77. The highest BCUT2D eigenvalue weighted by molar-refractivity contribution is 5.35. The van der Waals surface area contributed by atoms with E-state index in [1.807, 2.05) is 13.1 Å². The molecule has 1 aromatic carbocycles. The molecule has 0 aliphatic rings. The van der Waals surface area contributed by atoms with E-state index in [1.54, 1.807) is 7.11 Å². The van der Waals surface area contributed by atoms with Gasteiger partial charge in [-0.25, -0.2) is 4.98 Å². The number of ether oxygens (including phenoxy) is 1. The summed E-state index contributed by atoms with van der Waals surface area (Å²) in [7, 11) is 1.71. The average molecular weight is 273 g/mol. The Labute approximate surface area is 120 Å². The van der Waals surface area contributed by atoms with Crippen LogP contribution in [0.15, 0.2) is 30.5 Å². The van der Waals surface area contributed by atoms with E-state index in [0.29, 0.717) is 6.61 Å². The van der Waals surface area contributed by atoms with E-state index in [0.717, 1.165) is 18.2 Å². The Balaban J connectivity index is 2.10. The van der Waals surface area contributed by atoms with Crippen LogP contribution in [-0.4, -0.2) is 23.3 Å². The fraction of sp³-hybridized carbons (Fsp3) is 0.438. The lowest BCUT2D eigenvalue weighted by molar-refractivity contribution is 0.187. The van der Waals surface area contributed by atoms with Crippen molar-refractivity contribution in [3.05, 3.63) is 47.3 Å². The van der Waals surface area contributed by atoms with Crippen molar-refractivity contribution in [3.63, 3.8) is 0 Å². The van der Waals surface area contributed by atoms with Crippen molar-refractivity contribution >= 4 is 5.95 Å². The number of imidazole rings is 1. The SMILES string of the molecule is COCCn1cc(C)nc1NC(C)c1ccc(C)cc1.